The lowest BCUT2D eigenvalue weighted by Crippen LogP contribution is -2.11. The summed E-state index contributed by atoms with van der Waals surface area (Å²) in [7, 11) is 0. The fourth-order valence-corrected chi connectivity index (χ4v) is 4.02. The van der Waals surface area contributed by atoms with Gasteiger partial charge in [-0.15, -0.1) is 0 Å². The lowest BCUT2D eigenvalue weighted by atomic mass is 10.0. The van der Waals surface area contributed by atoms with E-state index in [-0.39, 0.29) is 5.91 Å². The number of fused-ring (bicyclic) bond motifs is 2. The Hall–Kier alpha value is -4.92. The zero-order chi connectivity index (χ0) is 23.8. The molecule has 3 N–H and O–H groups in total. The van der Waals surface area contributed by atoms with E-state index >= 15 is 4.39 Å². The second-order valence-corrected chi connectivity index (χ2v) is 8.03. The standard InChI is InChI=1S/C26H18FN7O/c27-20-11-22-19(24(34-33-22)25-31-21-7-4-8-28-14-23(21)32-25)10-18(20)16-9-17(13-29-12-16)30-26(35)15-5-2-1-3-6-15/h1-13H,14H2,(H,30,35)(H,31,32)(H,33,34). The number of anilines is 1. The Morgan fingerprint density at radius 1 is 1.09 bits per heavy atom. The molecule has 4 heterocycles. The quantitative estimate of drug-likeness (QED) is 0.348. The average Bonchev–Trinajstić information content (AvgIpc) is 3.40. The fraction of sp³-hybridized carbons (Fsp3) is 0.0385. The van der Waals surface area contributed by atoms with Gasteiger partial charge in [0, 0.05) is 40.6 Å². The second-order valence-electron chi connectivity index (χ2n) is 8.03. The normalized spacial score (nSPS) is 12.5. The third-order valence-corrected chi connectivity index (χ3v) is 5.72. The van der Waals surface area contributed by atoms with E-state index in [4.69, 9.17) is 0 Å². The molecule has 170 valence electrons. The van der Waals surface area contributed by atoms with E-state index in [1.165, 1.54) is 12.3 Å². The molecular formula is C26H18FN7O. The van der Waals surface area contributed by atoms with Crippen molar-refractivity contribution in [3.63, 3.8) is 0 Å². The van der Waals surface area contributed by atoms with Crippen molar-refractivity contribution in [3.8, 4) is 22.6 Å². The summed E-state index contributed by atoms with van der Waals surface area (Å²) < 4.78 is 15.1. The Morgan fingerprint density at radius 3 is 2.86 bits per heavy atom. The monoisotopic (exact) mass is 463 g/mol. The van der Waals surface area contributed by atoms with E-state index in [9.17, 15) is 4.79 Å². The van der Waals surface area contributed by atoms with Crippen LogP contribution >= 0.6 is 0 Å². The number of H-pyrrole nitrogens is 2. The van der Waals surface area contributed by atoms with Gasteiger partial charge in [-0.05, 0) is 36.4 Å². The Kier molecular flexibility index (Phi) is 4.99. The van der Waals surface area contributed by atoms with Crippen molar-refractivity contribution in [2.75, 3.05) is 5.32 Å². The summed E-state index contributed by atoms with van der Waals surface area (Å²) in [5, 5.41) is 10.8. The Labute approximate surface area is 198 Å². The molecule has 0 spiro atoms. The highest BCUT2D eigenvalue weighted by Gasteiger charge is 2.18. The minimum atomic E-state index is -0.437. The molecule has 1 amide bonds. The van der Waals surface area contributed by atoms with Gasteiger partial charge >= 0.3 is 0 Å². The maximum absolute atomic E-state index is 15.1. The third kappa shape index (κ3) is 3.89. The van der Waals surface area contributed by atoms with Crippen molar-refractivity contribution in [2.24, 2.45) is 4.99 Å². The summed E-state index contributed by atoms with van der Waals surface area (Å²) >= 11 is 0. The molecule has 0 radical (unpaired) electrons. The van der Waals surface area contributed by atoms with Crippen LogP contribution in [-0.4, -0.2) is 37.3 Å². The molecule has 0 aliphatic carbocycles. The first-order valence-corrected chi connectivity index (χ1v) is 10.9. The number of aliphatic imine (C=N–C) groups is 1. The molecule has 6 rings (SSSR count). The van der Waals surface area contributed by atoms with Crippen LogP contribution < -0.4 is 5.32 Å². The van der Waals surface area contributed by atoms with E-state index in [2.05, 4.69) is 35.5 Å². The number of nitrogens with one attached hydrogen (secondary N) is 3. The molecule has 0 bridgehead atoms. The number of halogens is 1. The number of carbonyl (C=O) groups excluding carboxylic acids is 1. The largest absolute Gasteiger partial charge is 0.338 e. The number of hydrogen-bond acceptors (Lipinski definition) is 5. The second kappa shape index (κ2) is 8.45. The van der Waals surface area contributed by atoms with Gasteiger partial charge in [-0.2, -0.15) is 5.10 Å². The van der Waals surface area contributed by atoms with E-state index in [0.29, 0.717) is 51.3 Å². The van der Waals surface area contributed by atoms with E-state index in [0.717, 1.165) is 11.4 Å². The molecule has 2 aromatic carbocycles. The van der Waals surface area contributed by atoms with Crippen LogP contribution in [0.3, 0.4) is 0 Å². The van der Waals surface area contributed by atoms with Crippen molar-refractivity contribution >= 4 is 34.8 Å². The number of aromatic nitrogens is 5. The number of carbonyl (C=O) groups is 1. The highest BCUT2D eigenvalue weighted by atomic mass is 19.1. The van der Waals surface area contributed by atoms with Gasteiger partial charge in [0.25, 0.3) is 5.91 Å². The fourth-order valence-electron chi connectivity index (χ4n) is 4.02. The summed E-state index contributed by atoms with van der Waals surface area (Å²) in [6.45, 7) is 0.491. The number of rotatable bonds is 4. The van der Waals surface area contributed by atoms with Crippen molar-refractivity contribution in [1.82, 2.24) is 25.1 Å². The molecular weight excluding hydrogens is 445 g/mol. The highest BCUT2D eigenvalue weighted by Crippen LogP contribution is 2.33. The molecule has 0 atom stereocenters. The summed E-state index contributed by atoms with van der Waals surface area (Å²) in [4.78, 5) is 28.9. The molecule has 0 saturated heterocycles. The van der Waals surface area contributed by atoms with Crippen LogP contribution in [-0.2, 0) is 6.54 Å². The number of amides is 1. The minimum absolute atomic E-state index is 0.270. The molecule has 9 heteroatoms. The van der Waals surface area contributed by atoms with Crippen LogP contribution in [0.4, 0.5) is 10.1 Å². The SMILES string of the molecule is O=C(Nc1cncc(-c2cc3c(-c4nc5c([nH]4)CN=CC=C5)n[nH]c3cc2F)c1)c1ccccc1. The van der Waals surface area contributed by atoms with Crippen LogP contribution in [0.2, 0.25) is 0 Å². The number of benzene rings is 2. The number of imidazole rings is 1. The van der Waals surface area contributed by atoms with Crippen LogP contribution in [0.15, 0.2) is 72.0 Å². The lowest BCUT2D eigenvalue weighted by Gasteiger charge is -2.08. The van der Waals surface area contributed by atoms with E-state index < -0.39 is 5.82 Å². The predicted molar refractivity (Wildman–Crippen MR) is 132 cm³/mol. The zero-order valence-corrected chi connectivity index (χ0v) is 18.3. The zero-order valence-electron chi connectivity index (χ0n) is 18.3. The van der Waals surface area contributed by atoms with E-state index in [1.54, 1.807) is 48.8 Å². The summed E-state index contributed by atoms with van der Waals surface area (Å²) in [6, 6.07) is 13.7. The number of pyridine rings is 1. The number of hydrogen-bond donors (Lipinski definition) is 3. The topological polar surface area (TPSA) is 112 Å². The van der Waals surface area contributed by atoms with Crippen molar-refractivity contribution in [1.29, 1.82) is 0 Å². The van der Waals surface area contributed by atoms with Gasteiger partial charge in [-0.3, -0.25) is 19.9 Å². The molecule has 8 nitrogen and oxygen atoms in total. The van der Waals surface area contributed by atoms with E-state index in [1.807, 2.05) is 18.2 Å². The molecule has 35 heavy (non-hydrogen) atoms. The van der Waals surface area contributed by atoms with Crippen molar-refractivity contribution in [3.05, 3.63) is 89.8 Å². The molecule has 0 saturated carbocycles. The molecule has 1 aliphatic heterocycles. The number of nitrogens with zero attached hydrogens (tertiary/aromatic N) is 4. The van der Waals surface area contributed by atoms with Gasteiger partial charge in [0.05, 0.1) is 35.3 Å². The van der Waals surface area contributed by atoms with Crippen molar-refractivity contribution in [2.45, 2.75) is 6.54 Å². The molecule has 1 aliphatic rings. The predicted octanol–water partition coefficient (Wildman–Crippen LogP) is 5.00. The smallest absolute Gasteiger partial charge is 0.255 e. The van der Waals surface area contributed by atoms with Gasteiger partial charge in [0.1, 0.15) is 11.5 Å². The van der Waals surface area contributed by atoms with Gasteiger partial charge in [-0.25, -0.2) is 9.37 Å². The molecule has 0 fully saturated rings. The van der Waals surface area contributed by atoms with Crippen LogP contribution in [0.5, 0.6) is 0 Å². The molecule has 5 aromatic rings. The van der Waals surface area contributed by atoms with Crippen LogP contribution in [0, 0.1) is 5.82 Å². The summed E-state index contributed by atoms with van der Waals surface area (Å²) in [5.41, 5.74) is 4.64. The highest BCUT2D eigenvalue weighted by molar-refractivity contribution is 6.04. The number of aromatic amines is 2. The van der Waals surface area contributed by atoms with Crippen molar-refractivity contribution < 1.29 is 9.18 Å². The third-order valence-electron chi connectivity index (χ3n) is 5.72. The minimum Gasteiger partial charge on any atom is -0.338 e. The maximum Gasteiger partial charge on any atom is 0.255 e. The maximum atomic E-state index is 15.1. The van der Waals surface area contributed by atoms with Crippen LogP contribution in [0.25, 0.3) is 39.6 Å². The van der Waals surface area contributed by atoms with Gasteiger partial charge in [0.15, 0.2) is 5.82 Å². The van der Waals surface area contributed by atoms with Gasteiger partial charge in [-0.1, -0.05) is 18.2 Å². The first kappa shape index (κ1) is 20.7. The summed E-state index contributed by atoms with van der Waals surface area (Å²) in [6.07, 6.45) is 8.53. The Morgan fingerprint density at radius 2 is 1.97 bits per heavy atom. The van der Waals surface area contributed by atoms with Gasteiger partial charge in [0.2, 0.25) is 0 Å². The van der Waals surface area contributed by atoms with Gasteiger partial charge < -0.3 is 10.3 Å². The lowest BCUT2D eigenvalue weighted by molar-refractivity contribution is 0.102. The number of allylic oxidation sites excluding steroid dienone is 1. The molecule has 0 unspecified atom stereocenters. The Balaban J connectivity index is 1.37. The Bertz CT molecular complexity index is 1630. The van der Waals surface area contributed by atoms with Crippen LogP contribution in [0.1, 0.15) is 21.7 Å². The first-order chi connectivity index (χ1) is 17.2. The average molecular weight is 463 g/mol. The first-order valence-electron chi connectivity index (χ1n) is 10.9. The summed E-state index contributed by atoms with van der Waals surface area (Å²) in [5.74, 6) is -0.135. The molecule has 3 aromatic heterocycles.